The fourth-order valence-electron chi connectivity index (χ4n) is 2.29. The van der Waals surface area contributed by atoms with Crippen LogP contribution in [0.1, 0.15) is 67.2 Å². The predicted molar refractivity (Wildman–Crippen MR) is 68.2 cm³/mol. The molecule has 0 fully saturated rings. The van der Waals surface area contributed by atoms with Crippen LogP contribution in [-0.4, -0.2) is 13.2 Å². The topological polar surface area (TPSA) is 9.23 Å². The maximum atomic E-state index is 5.71. The van der Waals surface area contributed by atoms with Gasteiger partial charge >= 0.3 is 0 Å². The summed E-state index contributed by atoms with van der Waals surface area (Å²) in [7, 11) is 0. The maximum absolute atomic E-state index is 5.71. The van der Waals surface area contributed by atoms with Gasteiger partial charge in [-0.05, 0) is 30.6 Å². The van der Waals surface area contributed by atoms with E-state index in [-0.39, 0.29) is 0 Å². The number of ether oxygens (including phenoxy) is 1. The maximum Gasteiger partial charge on any atom is 0.0527 e. The fraction of sp³-hybridized carbons (Fsp3) is 1.00. The van der Waals surface area contributed by atoms with Crippen LogP contribution in [0, 0.1) is 10.8 Å². The van der Waals surface area contributed by atoms with Crippen LogP contribution in [0.4, 0.5) is 0 Å². The van der Waals surface area contributed by atoms with E-state index in [1.165, 1.54) is 25.7 Å². The highest BCUT2D eigenvalue weighted by molar-refractivity contribution is 4.89. The number of hydrogen-bond donors (Lipinski definition) is 0. The van der Waals surface area contributed by atoms with Gasteiger partial charge in [-0.3, -0.25) is 0 Å². The minimum atomic E-state index is 0.339. The lowest BCUT2D eigenvalue weighted by molar-refractivity contribution is -0.0327. The summed E-state index contributed by atoms with van der Waals surface area (Å²) in [5, 5.41) is 0. The summed E-state index contributed by atoms with van der Waals surface area (Å²) in [5.74, 6) is 0. The first-order valence-corrected chi connectivity index (χ1v) is 6.51. The highest BCUT2D eigenvalue weighted by Crippen LogP contribution is 2.45. The van der Waals surface area contributed by atoms with Crippen molar-refractivity contribution in [2.75, 3.05) is 13.2 Å². The van der Waals surface area contributed by atoms with Gasteiger partial charge in [0.2, 0.25) is 0 Å². The minimum Gasteiger partial charge on any atom is -0.381 e. The van der Waals surface area contributed by atoms with Crippen molar-refractivity contribution >= 4 is 0 Å². The molecular formula is C14H30O. The molecule has 0 radical (unpaired) electrons. The molecular weight excluding hydrogens is 184 g/mol. The zero-order valence-electron chi connectivity index (χ0n) is 11.7. The third-order valence-corrected chi connectivity index (χ3v) is 3.86. The molecule has 0 saturated carbocycles. The SMILES string of the molecule is CCCCC(CC)(COCC)C(C)(C)C. The molecule has 0 aromatic rings. The Bertz CT molecular complexity index is 147. The fourth-order valence-corrected chi connectivity index (χ4v) is 2.29. The summed E-state index contributed by atoms with van der Waals surface area (Å²) in [6.45, 7) is 15.5. The largest absolute Gasteiger partial charge is 0.381 e. The zero-order chi connectivity index (χ0) is 11.9. The molecule has 0 aromatic carbocycles. The van der Waals surface area contributed by atoms with Gasteiger partial charge in [0.05, 0.1) is 6.61 Å². The third-order valence-electron chi connectivity index (χ3n) is 3.86. The molecule has 0 aliphatic carbocycles. The van der Waals surface area contributed by atoms with E-state index in [0.29, 0.717) is 10.8 Å². The van der Waals surface area contributed by atoms with Crippen molar-refractivity contribution in [3.8, 4) is 0 Å². The Balaban J connectivity index is 4.60. The summed E-state index contributed by atoms with van der Waals surface area (Å²) in [6.07, 6.45) is 5.11. The third kappa shape index (κ3) is 4.14. The lowest BCUT2D eigenvalue weighted by Crippen LogP contribution is -2.39. The highest BCUT2D eigenvalue weighted by Gasteiger charge is 2.39. The van der Waals surface area contributed by atoms with E-state index in [4.69, 9.17) is 4.74 Å². The number of hydrogen-bond acceptors (Lipinski definition) is 1. The van der Waals surface area contributed by atoms with Gasteiger partial charge in [0.1, 0.15) is 0 Å². The summed E-state index contributed by atoms with van der Waals surface area (Å²) in [4.78, 5) is 0. The van der Waals surface area contributed by atoms with Crippen LogP contribution in [0.25, 0.3) is 0 Å². The van der Waals surface area contributed by atoms with Crippen molar-refractivity contribution in [1.29, 1.82) is 0 Å². The molecule has 15 heavy (non-hydrogen) atoms. The van der Waals surface area contributed by atoms with Crippen molar-refractivity contribution in [3.63, 3.8) is 0 Å². The van der Waals surface area contributed by atoms with Crippen molar-refractivity contribution in [3.05, 3.63) is 0 Å². The standard InChI is InChI=1S/C14H30O/c1-7-10-11-14(8-2,12-15-9-3)13(4,5)6/h7-12H2,1-6H3. The Morgan fingerprint density at radius 3 is 1.93 bits per heavy atom. The van der Waals surface area contributed by atoms with Crippen LogP contribution in [0.5, 0.6) is 0 Å². The van der Waals surface area contributed by atoms with Crippen molar-refractivity contribution < 1.29 is 4.74 Å². The van der Waals surface area contributed by atoms with Gasteiger partial charge in [-0.2, -0.15) is 0 Å². The average molecular weight is 214 g/mol. The van der Waals surface area contributed by atoms with E-state index >= 15 is 0 Å². The molecule has 1 atom stereocenters. The molecule has 92 valence electrons. The molecule has 1 heteroatoms. The van der Waals surface area contributed by atoms with E-state index < -0.39 is 0 Å². The highest BCUT2D eigenvalue weighted by atomic mass is 16.5. The number of unbranched alkanes of at least 4 members (excludes halogenated alkanes) is 1. The Morgan fingerprint density at radius 1 is 1.00 bits per heavy atom. The zero-order valence-corrected chi connectivity index (χ0v) is 11.7. The first-order chi connectivity index (χ1) is 6.93. The summed E-state index contributed by atoms with van der Waals surface area (Å²) >= 11 is 0. The molecule has 0 spiro atoms. The Kier molecular flexibility index (Phi) is 6.51. The summed E-state index contributed by atoms with van der Waals surface area (Å²) in [6, 6.07) is 0. The molecule has 0 saturated heterocycles. The quantitative estimate of drug-likeness (QED) is 0.599. The number of rotatable bonds is 7. The Morgan fingerprint density at radius 2 is 1.60 bits per heavy atom. The van der Waals surface area contributed by atoms with Gasteiger partial charge in [0.15, 0.2) is 0 Å². The van der Waals surface area contributed by atoms with Gasteiger partial charge in [-0.25, -0.2) is 0 Å². The van der Waals surface area contributed by atoms with Crippen LogP contribution >= 0.6 is 0 Å². The first kappa shape index (κ1) is 15.0. The van der Waals surface area contributed by atoms with Gasteiger partial charge in [-0.15, -0.1) is 0 Å². The molecule has 0 bridgehead atoms. The van der Waals surface area contributed by atoms with Crippen molar-refractivity contribution in [2.45, 2.75) is 67.2 Å². The van der Waals surface area contributed by atoms with Gasteiger partial charge in [0.25, 0.3) is 0 Å². The molecule has 0 rings (SSSR count). The van der Waals surface area contributed by atoms with E-state index in [2.05, 4.69) is 41.5 Å². The molecule has 0 heterocycles. The molecule has 0 N–H and O–H groups in total. The molecule has 1 unspecified atom stereocenters. The summed E-state index contributed by atoms with van der Waals surface area (Å²) in [5.41, 5.74) is 0.700. The van der Waals surface area contributed by atoms with Crippen LogP contribution < -0.4 is 0 Å². The molecule has 0 aromatic heterocycles. The molecule has 0 amide bonds. The van der Waals surface area contributed by atoms with Crippen LogP contribution in [0.3, 0.4) is 0 Å². The van der Waals surface area contributed by atoms with Crippen LogP contribution in [0.15, 0.2) is 0 Å². The monoisotopic (exact) mass is 214 g/mol. The van der Waals surface area contributed by atoms with Crippen LogP contribution in [-0.2, 0) is 4.74 Å². The van der Waals surface area contributed by atoms with E-state index in [0.717, 1.165) is 13.2 Å². The van der Waals surface area contributed by atoms with E-state index in [1.54, 1.807) is 0 Å². The van der Waals surface area contributed by atoms with E-state index in [9.17, 15) is 0 Å². The van der Waals surface area contributed by atoms with Gasteiger partial charge in [0, 0.05) is 6.61 Å². The normalized spacial score (nSPS) is 16.4. The molecule has 0 aliphatic rings. The lowest BCUT2D eigenvalue weighted by atomic mass is 9.63. The average Bonchev–Trinajstić information content (AvgIpc) is 2.17. The Labute approximate surface area is 96.6 Å². The Hall–Kier alpha value is -0.0400. The summed E-state index contributed by atoms with van der Waals surface area (Å²) < 4.78 is 5.71. The second-order valence-corrected chi connectivity index (χ2v) is 5.62. The van der Waals surface area contributed by atoms with Crippen LogP contribution in [0.2, 0.25) is 0 Å². The van der Waals surface area contributed by atoms with Gasteiger partial charge < -0.3 is 4.74 Å². The van der Waals surface area contributed by atoms with Gasteiger partial charge in [-0.1, -0.05) is 47.5 Å². The van der Waals surface area contributed by atoms with E-state index in [1.807, 2.05) is 0 Å². The smallest absolute Gasteiger partial charge is 0.0527 e. The lowest BCUT2D eigenvalue weighted by Gasteiger charge is -2.44. The van der Waals surface area contributed by atoms with Crippen molar-refractivity contribution in [1.82, 2.24) is 0 Å². The molecule has 0 aliphatic heterocycles. The second-order valence-electron chi connectivity index (χ2n) is 5.62. The predicted octanol–water partition coefficient (Wildman–Crippen LogP) is 4.66. The minimum absolute atomic E-state index is 0.339. The molecule has 1 nitrogen and oxygen atoms in total. The second kappa shape index (κ2) is 6.52. The first-order valence-electron chi connectivity index (χ1n) is 6.51. The van der Waals surface area contributed by atoms with Crippen molar-refractivity contribution in [2.24, 2.45) is 10.8 Å².